The number of nitrogens with zero attached hydrogens (tertiary/aromatic N) is 2. The van der Waals surface area contributed by atoms with Crippen LogP contribution in [0.2, 0.25) is 0 Å². The van der Waals surface area contributed by atoms with Crippen molar-refractivity contribution in [3.05, 3.63) is 39.9 Å². The van der Waals surface area contributed by atoms with Gasteiger partial charge in [0, 0.05) is 63.4 Å². The zero-order valence-corrected chi connectivity index (χ0v) is 43.3. The van der Waals surface area contributed by atoms with Crippen molar-refractivity contribution in [1.29, 1.82) is 0 Å². The quantitative estimate of drug-likeness (QED) is 0.0948. The maximum atomic E-state index is 14.6. The van der Waals surface area contributed by atoms with E-state index in [0.29, 0.717) is 6.42 Å². The number of hydrogen-bond acceptors (Lipinski definition) is 18. The highest BCUT2D eigenvalue weighted by Crippen LogP contribution is 2.41. The minimum atomic E-state index is -2.05. The molecule has 3 saturated heterocycles. The molecule has 0 aliphatic carbocycles. The first-order chi connectivity index (χ1) is 32.1. The first-order valence-corrected chi connectivity index (χ1v) is 24.3. The van der Waals surface area contributed by atoms with E-state index in [2.05, 4.69) is 10.6 Å². The third-order valence-electron chi connectivity index (χ3n) is 14.7. The molecule has 3 fully saturated rings. The van der Waals surface area contributed by atoms with Crippen LogP contribution in [0.4, 0.5) is 5.69 Å². The Morgan fingerprint density at radius 1 is 0.957 bits per heavy atom. The average molecular weight is 983 g/mol. The number of esters is 2. The Bertz CT molecular complexity index is 1860. The summed E-state index contributed by atoms with van der Waals surface area (Å²) in [5.74, 6) is -4.87. The predicted molar refractivity (Wildman–Crippen MR) is 252 cm³/mol. The van der Waals surface area contributed by atoms with E-state index < -0.39 is 119 Å². The summed E-state index contributed by atoms with van der Waals surface area (Å²) in [6, 6.07) is 5.04. The molecule has 1 aromatic carbocycles. The molecule has 20 heteroatoms. The van der Waals surface area contributed by atoms with Gasteiger partial charge in [-0.3, -0.25) is 24.5 Å². The minimum absolute atomic E-state index is 0.00349. The number of nitro benzene ring substituents is 1. The zero-order chi connectivity index (χ0) is 51.9. The van der Waals surface area contributed by atoms with Gasteiger partial charge in [-0.05, 0) is 94.3 Å². The Kier molecular flexibility index (Phi) is 20.5. The Morgan fingerprint density at radius 2 is 1.57 bits per heavy atom. The lowest BCUT2D eigenvalue weighted by Gasteiger charge is -2.50. The number of aliphatic hydroxyl groups is 3. The summed E-state index contributed by atoms with van der Waals surface area (Å²) in [5.41, 5.74) is -3.69. The standard InChI is InChI=1S/C49H82N4O16/c1-16-36-49(11,59)41(56)30(6)44(57)51-26(2)24-47(9,62-14)42(69-46-39(55)35(52(12)13)23-27(3)64-46)28(4)40(29(5)45(58)66-36)68-38-25-48(10,63-15)43(32(8)65-38)67-37(54)21-22-50-31(7)33-17-19-34(20-18-33)53(60)61/h17-20,26-32,35-36,38-43,46,50,55-56,59H,16,21-25H2,1-15H3,(H,51,57)/t26-,27-,28+,29-,30-,31+,32+,35+,36-,38+,39-,40+,41-,42-,43+,46+,47-,48-,49-/m1/s1. The first-order valence-electron chi connectivity index (χ1n) is 24.3. The highest BCUT2D eigenvalue weighted by atomic mass is 16.7. The molecule has 3 aliphatic heterocycles. The lowest BCUT2D eigenvalue weighted by molar-refractivity contribution is -0.384. The fourth-order valence-electron chi connectivity index (χ4n) is 10.3. The molecule has 4 rings (SSSR count). The SMILES string of the molecule is CC[C@H]1OC(=O)[C@H](C)[C@@H](O[C@H]2C[C@@](C)(OC)[C@@H](OC(=O)CCN[C@@H](C)c3ccc([N+](=O)[O-])cc3)[C@H](C)O2)[C@H](C)[C@@H](O[C@@H]2O[C@H](C)C[C@H](N(C)C)[C@H]2O)[C@](C)(OC)C[C@@H](C)NC(=O)[C@H](C)[C@@H](O)[C@]1(C)O. The Morgan fingerprint density at radius 3 is 2.13 bits per heavy atom. The number of likely N-dealkylation sites (N-methyl/N-ethyl adjacent to an activating group) is 1. The van der Waals surface area contributed by atoms with Gasteiger partial charge in [-0.1, -0.05) is 32.9 Å². The Hall–Kier alpha value is -3.41. The van der Waals surface area contributed by atoms with Crippen molar-refractivity contribution in [1.82, 2.24) is 15.5 Å². The molecular weight excluding hydrogens is 901 g/mol. The molecule has 0 spiro atoms. The summed E-state index contributed by atoms with van der Waals surface area (Å²) in [4.78, 5) is 54.2. The van der Waals surface area contributed by atoms with Crippen LogP contribution in [0, 0.1) is 27.9 Å². The van der Waals surface area contributed by atoms with E-state index in [1.165, 1.54) is 40.2 Å². The van der Waals surface area contributed by atoms with E-state index in [1.807, 2.05) is 39.8 Å². The number of methoxy groups -OCH3 is 2. The van der Waals surface area contributed by atoms with Crippen LogP contribution in [0.25, 0.3) is 0 Å². The molecule has 69 heavy (non-hydrogen) atoms. The average Bonchev–Trinajstić information content (AvgIpc) is 3.29. The molecule has 1 amide bonds. The normalized spacial score (nSPS) is 40.2. The van der Waals surface area contributed by atoms with Crippen molar-refractivity contribution < 1.29 is 72.5 Å². The summed E-state index contributed by atoms with van der Waals surface area (Å²) in [6.07, 6.45) is -9.54. The summed E-state index contributed by atoms with van der Waals surface area (Å²) in [5, 5.41) is 52.3. The molecule has 20 nitrogen and oxygen atoms in total. The van der Waals surface area contributed by atoms with Gasteiger partial charge in [0.15, 0.2) is 18.7 Å². The van der Waals surface area contributed by atoms with Crippen LogP contribution in [-0.4, -0.2) is 168 Å². The van der Waals surface area contributed by atoms with Gasteiger partial charge in [0.25, 0.3) is 5.69 Å². The number of amides is 1. The highest BCUT2D eigenvalue weighted by molar-refractivity contribution is 5.79. The second-order valence-electron chi connectivity index (χ2n) is 20.5. The Balaban J connectivity index is 1.69. The second-order valence-corrected chi connectivity index (χ2v) is 20.5. The number of carbonyl (C=O) groups excluding carboxylic acids is 3. The van der Waals surface area contributed by atoms with E-state index in [4.69, 9.17) is 37.9 Å². The molecule has 0 unspecified atom stereocenters. The van der Waals surface area contributed by atoms with Gasteiger partial charge < -0.3 is 68.7 Å². The monoisotopic (exact) mass is 983 g/mol. The van der Waals surface area contributed by atoms with Crippen LogP contribution in [-0.2, 0) is 52.3 Å². The van der Waals surface area contributed by atoms with Crippen LogP contribution >= 0.6 is 0 Å². The summed E-state index contributed by atoms with van der Waals surface area (Å²) in [6.45, 7) is 19.1. The van der Waals surface area contributed by atoms with E-state index in [1.54, 1.807) is 53.7 Å². The topological polar surface area (TPSA) is 256 Å². The van der Waals surface area contributed by atoms with Gasteiger partial charge in [0.2, 0.25) is 5.91 Å². The first kappa shape index (κ1) is 58.2. The van der Waals surface area contributed by atoms with Crippen LogP contribution < -0.4 is 10.6 Å². The van der Waals surface area contributed by atoms with Crippen molar-refractivity contribution in [2.24, 2.45) is 17.8 Å². The fourth-order valence-corrected chi connectivity index (χ4v) is 10.3. The number of aliphatic hydroxyl groups excluding tert-OH is 2. The zero-order valence-electron chi connectivity index (χ0n) is 43.3. The number of benzene rings is 1. The van der Waals surface area contributed by atoms with E-state index in [9.17, 15) is 39.8 Å². The maximum absolute atomic E-state index is 14.6. The number of hydrogen-bond donors (Lipinski definition) is 5. The van der Waals surface area contributed by atoms with Gasteiger partial charge in [-0.25, -0.2) is 0 Å². The number of nitro groups is 1. The number of carbonyl (C=O) groups is 3. The second kappa shape index (κ2) is 24.3. The van der Waals surface area contributed by atoms with E-state index >= 15 is 0 Å². The molecule has 0 bridgehead atoms. The van der Waals surface area contributed by atoms with Gasteiger partial charge in [-0.2, -0.15) is 0 Å². The predicted octanol–water partition coefficient (Wildman–Crippen LogP) is 3.94. The maximum Gasteiger partial charge on any atom is 0.311 e. The van der Waals surface area contributed by atoms with Crippen molar-refractivity contribution >= 4 is 23.5 Å². The molecule has 394 valence electrons. The van der Waals surface area contributed by atoms with Crippen LogP contribution in [0.15, 0.2) is 24.3 Å². The summed E-state index contributed by atoms with van der Waals surface area (Å²) < 4.78 is 51.1. The molecule has 5 N–H and O–H groups in total. The lowest BCUT2D eigenvalue weighted by Crippen LogP contribution is -2.61. The van der Waals surface area contributed by atoms with Crippen molar-refractivity contribution in [2.45, 2.75) is 205 Å². The Labute approximate surface area is 407 Å². The molecule has 1 aromatic rings. The molecule has 3 heterocycles. The lowest BCUT2D eigenvalue weighted by atomic mass is 9.78. The van der Waals surface area contributed by atoms with Crippen molar-refractivity contribution in [2.75, 3.05) is 34.9 Å². The van der Waals surface area contributed by atoms with Crippen LogP contribution in [0.3, 0.4) is 0 Å². The number of cyclic esters (lactones) is 1. The molecule has 0 radical (unpaired) electrons. The van der Waals surface area contributed by atoms with Crippen LogP contribution in [0.1, 0.15) is 120 Å². The van der Waals surface area contributed by atoms with Gasteiger partial charge >= 0.3 is 11.9 Å². The van der Waals surface area contributed by atoms with E-state index in [-0.39, 0.29) is 56.1 Å². The van der Waals surface area contributed by atoms with E-state index in [0.717, 1.165) is 5.56 Å². The van der Waals surface area contributed by atoms with Gasteiger partial charge in [0.1, 0.15) is 23.4 Å². The largest absolute Gasteiger partial charge is 0.459 e. The third kappa shape index (κ3) is 14.0. The van der Waals surface area contributed by atoms with Gasteiger partial charge in [0.05, 0.1) is 59.3 Å². The van der Waals surface area contributed by atoms with Crippen LogP contribution in [0.5, 0.6) is 0 Å². The molecule has 19 atom stereocenters. The van der Waals surface area contributed by atoms with Gasteiger partial charge in [-0.15, -0.1) is 0 Å². The van der Waals surface area contributed by atoms with Crippen molar-refractivity contribution in [3.8, 4) is 0 Å². The number of non-ortho nitro benzene ring substituents is 1. The number of rotatable bonds is 15. The minimum Gasteiger partial charge on any atom is -0.459 e. The molecule has 0 saturated carbocycles. The number of ether oxygens (including phenoxy) is 8. The van der Waals surface area contributed by atoms with Crippen molar-refractivity contribution in [3.63, 3.8) is 0 Å². The highest BCUT2D eigenvalue weighted by Gasteiger charge is 2.54. The third-order valence-corrected chi connectivity index (χ3v) is 14.7. The molecular formula is C49H82N4O16. The summed E-state index contributed by atoms with van der Waals surface area (Å²) in [7, 11) is 6.73. The smallest absolute Gasteiger partial charge is 0.311 e. The molecule has 3 aliphatic rings. The molecule has 0 aromatic heterocycles. The fraction of sp³-hybridized carbons (Fsp3) is 0.816. The number of nitrogens with one attached hydrogen (secondary N) is 2. The summed E-state index contributed by atoms with van der Waals surface area (Å²) >= 11 is 0.